The Morgan fingerprint density at radius 3 is 3.00 bits per heavy atom. The SMILES string of the molecule is CC1(C)CN(Cc2cccc(Br)c2)CCCN1. The predicted molar refractivity (Wildman–Crippen MR) is 76.1 cm³/mol. The molecule has 0 saturated carbocycles. The summed E-state index contributed by atoms with van der Waals surface area (Å²) in [4.78, 5) is 2.54. The third-order valence-corrected chi connectivity index (χ3v) is 3.66. The summed E-state index contributed by atoms with van der Waals surface area (Å²) in [5.41, 5.74) is 1.61. The Kier molecular flexibility index (Phi) is 4.23. The van der Waals surface area contributed by atoms with Crippen LogP contribution in [0.3, 0.4) is 0 Å². The molecule has 0 unspecified atom stereocenters. The first-order valence-corrected chi connectivity index (χ1v) is 7.06. The fraction of sp³-hybridized carbons (Fsp3) is 0.571. The van der Waals surface area contributed by atoms with Gasteiger partial charge in [-0.25, -0.2) is 0 Å². The number of hydrogen-bond donors (Lipinski definition) is 1. The number of hydrogen-bond acceptors (Lipinski definition) is 2. The second-order valence-corrected chi connectivity index (χ2v) is 6.42. The molecule has 0 bridgehead atoms. The fourth-order valence-corrected chi connectivity index (χ4v) is 2.90. The van der Waals surface area contributed by atoms with Crippen LogP contribution in [0.4, 0.5) is 0 Å². The van der Waals surface area contributed by atoms with Gasteiger partial charge in [0, 0.05) is 23.1 Å². The first-order valence-electron chi connectivity index (χ1n) is 6.27. The lowest BCUT2D eigenvalue weighted by molar-refractivity contribution is 0.224. The first kappa shape index (κ1) is 13.1. The minimum Gasteiger partial charge on any atom is -0.310 e. The highest BCUT2D eigenvalue weighted by atomic mass is 79.9. The van der Waals surface area contributed by atoms with Crippen molar-refractivity contribution in [1.82, 2.24) is 10.2 Å². The molecule has 1 fully saturated rings. The molecule has 1 aromatic rings. The van der Waals surface area contributed by atoms with Crippen LogP contribution < -0.4 is 5.32 Å². The number of rotatable bonds is 2. The third kappa shape index (κ3) is 4.09. The first-order chi connectivity index (χ1) is 8.05. The van der Waals surface area contributed by atoms with Gasteiger partial charge < -0.3 is 5.32 Å². The van der Waals surface area contributed by atoms with E-state index in [-0.39, 0.29) is 5.54 Å². The van der Waals surface area contributed by atoms with Gasteiger partial charge in [0.25, 0.3) is 0 Å². The van der Waals surface area contributed by atoms with Gasteiger partial charge in [0.15, 0.2) is 0 Å². The molecule has 1 aromatic carbocycles. The van der Waals surface area contributed by atoms with E-state index in [0.29, 0.717) is 0 Å². The molecule has 0 atom stereocenters. The molecule has 1 aliphatic heterocycles. The number of nitrogens with zero attached hydrogens (tertiary/aromatic N) is 1. The lowest BCUT2D eigenvalue weighted by Crippen LogP contribution is -2.46. The molecule has 1 heterocycles. The Morgan fingerprint density at radius 2 is 2.24 bits per heavy atom. The second kappa shape index (κ2) is 5.51. The normalized spacial score (nSPS) is 21.1. The number of nitrogens with one attached hydrogen (secondary N) is 1. The molecule has 3 heteroatoms. The smallest absolute Gasteiger partial charge is 0.0252 e. The molecule has 94 valence electrons. The van der Waals surface area contributed by atoms with E-state index in [0.717, 1.165) is 19.6 Å². The molecular formula is C14H21BrN2. The monoisotopic (exact) mass is 296 g/mol. The Bertz CT molecular complexity index is 376. The van der Waals surface area contributed by atoms with Gasteiger partial charge in [-0.3, -0.25) is 4.90 Å². The zero-order chi connectivity index (χ0) is 12.3. The maximum Gasteiger partial charge on any atom is 0.0252 e. The highest BCUT2D eigenvalue weighted by Crippen LogP contribution is 2.16. The van der Waals surface area contributed by atoms with E-state index in [4.69, 9.17) is 0 Å². The largest absolute Gasteiger partial charge is 0.310 e. The van der Waals surface area contributed by atoms with Crippen molar-refractivity contribution in [2.45, 2.75) is 32.4 Å². The zero-order valence-electron chi connectivity index (χ0n) is 10.7. The van der Waals surface area contributed by atoms with Gasteiger partial charge in [0.2, 0.25) is 0 Å². The molecule has 0 aromatic heterocycles. The van der Waals surface area contributed by atoms with E-state index in [9.17, 15) is 0 Å². The molecule has 17 heavy (non-hydrogen) atoms. The summed E-state index contributed by atoms with van der Waals surface area (Å²) in [5, 5.41) is 3.60. The summed E-state index contributed by atoms with van der Waals surface area (Å²) < 4.78 is 1.17. The quantitative estimate of drug-likeness (QED) is 0.902. The van der Waals surface area contributed by atoms with Crippen LogP contribution in [0.15, 0.2) is 28.7 Å². The van der Waals surface area contributed by atoms with Crippen LogP contribution in [-0.2, 0) is 6.54 Å². The molecule has 1 saturated heterocycles. The van der Waals surface area contributed by atoms with E-state index >= 15 is 0 Å². The van der Waals surface area contributed by atoms with Crippen LogP contribution in [0.2, 0.25) is 0 Å². The molecule has 0 radical (unpaired) electrons. The maximum atomic E-state index is 3.60. The van der Waals surface area contributed by atoms with Crippen molar-refractivity contribution in [2.24, 2.45) is 0 Å². The van der Waals surface area contributed by atoms with Gasteiger partial charge in [-0.05, 0) is 51.1 Å². The van der Waals surface area contributed by atoms with Crippen LogP contribution in [-0.4, -0.2) is 30.1 Å². The Balaban J connectivity index is 2.02. The van der Waals surface area contributed by atoms with E-state index in [1.54, 1.807) is 0 Å². The standard InChI is InChI=1S/C14H21BrN2/c1-14(2)11-17(8-4-7-16-14)10-12-5-3-6-13(15)9-12/h3,5-6,9,16H,4,7-8,10-11H2,1-2H3. The van der Waals surface area contributed by atoms with Crippen LogP contribution >= 0.6 is 15.9 Å². The van der Waals surface area contributed by atoms with Crippen molar-refractivity contribution in [3.05, 3.63) is 34.3 Å². The second-order valence-electron chi connectivity index (χ2n) is 5.50. The minimum absolute atomic E-state index is 0.225. The molecule has 0 amide bonds. The fourth-order valence-electron chi connectivity index (χ4n) is 2.45. The Hall–Kier alpha value is -0.380. The van der Waals surface area contributed by atoms with E-state index in [1.165, 1.54) is 23.0 Å². The topological polar surface area (TPSA) is 15.3 Å². The van der Waals surface area contributed by atoms with Crippen LogP contribution in [0.1, 0.15) is 25.8 Å². The predicted octanol–water partition coefficient (Wildman–Crippen LogP) is 3.02. The lowest BCUT2D eigenvalue weighted by Gasteiger charge is -2.30. The van der Waals surface area contributed by atoms with Crippen molar-refractivity contribution in [3.63, 3.8) is 0 Å². The molecule has 1 aliphatic rings. The van der Waals surface area contributed by atoms with Crippen molar-refractivity contribution in [2.75, 3.05) is 19.6 Å². The van der Waals surface area contributed by atoms with Crippen molar-refractivity contribution in [1.29, 1.82) is 0 Å². The van der Waals surface area contributed by atoms with Crippen molar-refractivity contribution in [3.8, 4) is 0 Å². The van der Waals surface area contributed by atoms with Crippen LogP contribution in [0.25, 0.3) is 0 Å². The average Bonchev–Trinajstić information content (AvgIpc) is 2.39. The zero-order valence-corrected chi connectivity index (χ0v) is 12.3. The Labute approximate surface area is 113 Å². The highest BCUT2D eigenvalue weighted by Gasteiger charge is 2.23. The molecule has 1 N–H and O–H groups in total. The van der Waals surface area contributed by atoms with E-state index in [2.05, 4.69) is 64.3 Å². The molecule has 0 aliphatic carbocycles. The van der Waals surface area contributed by atoms with Gasteiger partial charge >= 0.3 is 0 Å². The summed E-state index contributed by atoms with van der Waals surface area (Å²) in [7, 11) is 0. The van der Waals surface area contributed by atoms with Crippen molar-refractivity contribution < 1.29 is 0 Å². The summed E-state index contributed by atoms with van der Waals surface area (Å²) >= 11 is 3.53. The maximum absolute atomic E-state index is 3.60. The van der Waals surface area contributed by atoms with E-state index in [1.807, 2.05) is 0 Å². The van der Waals surface area contributed by atoms with E-state index < -0.39 is 0 Å². The Morgan fingerprint density at radius 1 is 1.41 bits per heavy atom. The summed E-state index contributed by atoms with van der Waals surface area (Å²) in [6, 6.07) is 8.61. The van der Waals surface area contributed by atoms with Gasteiger partial charge in [0.05, 0.1) is 0 Å². The van der Waals surface area contributed by atoms with Gasteiger partial charge in [0.1, 0.15) is 0 Å². The molecule has 2 nitrogen and oxygen atoms in total. The van der Waals surface area contributed by atoms with Gasteiger partial charge in [-0.1, -0.05) is 28.1 Å². The molecule has 2 rings (SSSR count). The van der Waals surface area contributed by atoms with Gasteiger partial charge in [-0.2, -0.15) is 0 Å². The molecule has 0 spiro atoms. The van der Waals surface area contributed by atoms with Gasteiger partial charge in [-0.15, -0.1) is 0 Å². The average molecular weight is 297 g/mol. The number of halogens is 1. The third-order valence-electron chi connectivity index (χ3n) is 3.17. The highest BCUT2D eigenvalue weighted by molar-refractivity contribution is 9.10. The lowest BCUT2D eigenvalue weighted by atomic mass is 10.1. The van der Waals surface area contributed by atoms with Crippen LogP contribution in [0, 0.1) is 0 Å². The van der Waals surface area contributed by atoms with Crippen LogP contribution in [0.5, 0.6) is 0 Å². The number of benzene rings is 1. The minimum atomic E-state index is 0.225. The van der Waals surface area contributed by atoms with Crippen molar-refractivity contribution >= 4 is 15.9 Å². The summed E-state index contributed by atoms with van der Waals surface area (Å²) in [6.45, 7) is 9.04. The summed E-state index contributed by atoms with van der Waals surface area (Å²) in [5.74, 6) is 0. The molecular weight excluding hydrogens is 276 g/mol. The summed E-state index contributed by atoms with van der Waals surface area (Å²) in [6.07, 6.45) is 1.23.